The van der Waals surface area contributed by atoms with E-state index in [2.05, 4.69) is 5.32 Å². The van der Waals surface area contributed by atoms with Crippen LogP contribution < -0.4 is 10.1 Å². The molecule has 0 saturated carbocycles. The smallest absolute Gasteiger partial charge is 0.407 e. The Morgan fingerprint density at radius 2 is 1.79 bits per heavy atom. The van der Waals surface area contributed by atoms with E-state index in [-0.39, 0.29) is 6.54 Å². The van der Waals surface area contributed by atoms with Gasteiger partial charge in [0.25, 0.3) is 0 Å². The number of hydrogen-bond acceptors (Lipinski definition) is 6. The van der Waals surface area contributed by atoms with Crippen molar-refractivity contribution < 1.29 is 29.2 Å². The Kier molecular flexibility index (Phi) is 7.97. The second-order valence-corrected chi connectivity index (χ2v) is 6.31. The Labute approximate surface area is 142 Å². The van der Waals surface area contributed by atoms with Crippen LogP contribution in [0, 0.1) is 0 Å². The van der Waals surface area contributed by atoms with Crippen LogP contribution in [0.3, 0.4) is 0 Å². The Bertz CT molecular complexity index is 497. The van der Waals surface area contributed by atoms with Crippen molar-refractivity contribution in [2.24, 2.45) is 0 Å². The Morgan fingerprint density at radius 3 is 2.33 bits per heavy atom. The van der Waals surface area contributed by atoms with Crippen molar-refractivity contribution in [3.8, 4) is 5.75 Å². The molecule has 1 amide bonds. The molecule has 0 bridgehead atoms. The largest absolute Gasteiger partial charge is 0.491 e. The zero-order valence-corrected chi connectivity index (χ0v) is 14.6. The lowest BCUT2D eigenvalue weighted by Crippen LogP contribution is -2.38. The van der Waals surface area contributed by atoms with Gasteiger partial charge in [0.15, 0.2) is 0 Å². The fourth-order valence-electron chi connectivity index (χ4n) is 1.84. The van der Waals surface area contributed by atoms with Crippen LogP contribution >= 0.6 is 0 Å². The molecule has 1 aromatic rings. The van der Waals surface area contributed by atoms with E-state index in [1.54, 1.807) is 52.1 Å². The second-order valence-electron chi connectivity index (χ2n) is 6.31. The highest BCUT2D eigenvalue weighted by molar-refractivity contribution is 5.67. The Morgan fingerprint density at radius 1 is 1.17 bits per heavy atom. The lowest BCUT2D eigenvalue weighted by atomic mass is 10.0. The van der Waals surface area contributed by atoms with Gasteiger partial charge >= 0.3 is 6.09 Å². The highest BCUT2D eigenvalue weighted by Crippen LogP contribution is 2.20. The molecule has 24 heavy (non-hydrogen) atoms. The molecule has 136 valence electrons. The van der Waals surface area contributed by atoms with Crippen molar-refractivity contribution in [1.82, 2.24) is 5.32 Å². The Hall–Kier alpha value is -1.83. The number of alkyl carbamates (subject to hydrolysis) is 1. The molecule has 3 N–H and O–H groups in total. The van der Waals surface area contributed by atoms with E-state index in [0.29, 0.717) is 24.5 Å². The van der Waals surface area contributed by atoms with Crippen molar-refractivity contribution in [1.29, 1.82) is 0 Å². The summed E-state index contributed by atoms with van der Waals surface area (Å²) in [6.45, 7) is 6.03. The lowest BCUT2D eigenvalue weighted by Gasteiger charge is -2.22. The molecule has 7 heteroatoms. The van der Waals surface area contributed by atoms with E-state index in [1.165, 1.54) is 0 Å². The summed E-state index contributed by atoms with van der Waals surface area (Å²) in [6, 6.07) is 6.71. The van der Waals surface area contributed by atoms with Gasteiger partial charge in [0, 0.05) is 13.7 Å². The molecule has 0 aliphatic carbocycles. The Balaban J connectivity index is 2.47. The number of aliphatic hydroxyl groups is 2. The van der Waals surface area contributed by atoms with E-state index in [9.17, 15) is 15.0 Å². The zero-order chi connectivity index (χ0) is 18.2. The van der Waals surface area contributed by atoms with Crippen molar-refractivity contribution in [2.75, 3.05) is 26.9 Å². The highest BCUT2D eigenvalue weighted by Gasteiger charge is 2.21. The average Bonchev–Trinajstić information content (AvgIpc) is 2.51. The molecular formula is C17H27NO6. The average molecular weight is 341 g/mol. The summed E-state index contributed by atoms with van der Waals surface area (Å²) in [7, 11) is 1.59. The summed E-state index contributed by atoms with van der Waals surface area (Å²) < 4.78 is 15.4. The number of benzene rings is 1. The fourth-order valence-corrected chi connectivity index (χ4v) is 1.84. The molecule has 0 aromatic heterocycles. The topological polar surface area (TPSA) is 97.3 Å². The third kappa shape index (κ3) is 7.63. The number of ether oxygens (including phenoxy) is 3. The number of amides is 1. The predicted octanol–water partition coefficient (Wildman–Crippen LogP) is 1.63. The summed E-state index contributed by atoms with van der Waals surface area (Å²) in [4.78, 5) is 11.5. The first-order chi connectivity index (χ1) is 11.2. The zero-order valence-electron chi connectivity index (χ0n) is 14.6. The highest BCUT2D eigenvalue weighted by atomic mass is 16.6. The summed E-state index contributed by atoms with van der Waals surface area (Å²) in [6.07, 6.45) is -2.93. The maximum Gasteiger partial charge on any atom is 0.407 e. The summed E-state index contributed by atoms with van der Waals surface area (Å²) >= 11 is 0. The van der Waals surface area contributed by atoms with Gasteiger partial charge in [-0.3, -0.25) is 0 Å². The second kappa shape index (κ2) is 9.46. The van der Waals surface area contributed by atoms with Gasteiger partial charge in [0.05, 0.1) is 6.61 Å². The quantitative estimate of drug-likeness (QED) is 0.622. The van der Waals surface area contributed by atoms with Gasteiger partial charge in [-0.15, -0.1) is 0 Å². The fraction of sp³-hybridized carbons (Fsp3) is 0.588. The molecule has 2 atom stereocenters. The first kappa shape index (κ1) is 20.2. The van der Waals surface area contributed by atoms with Gasteiger partial charge in [-0.1, -0.05) is 12.1 Å². The maximum atomic E-state index is 11.5. The van der Waals surface area contributed by atoms with Crippen LogP contribution in [0.1, 0.15) is 32.4 Å². The molecule has 0 fully saturated rings. The normalized spacial score (nSPS) is 13.9. The third-order valence-electron chi connectivity index (χ3n) is 3.00. The number of hydrogen-bond donors (Lipinski definition) is 3. The predicted molar refractivity (Wildman–Crippen MR) is 89.0 cm³/mol. The van der Waals surface area contributed by atoms with E-state index >= 15 is 0 Å². The van der Waals surface area contributed by atoms with Crippen molar-refractivity contribution in [2.45, 2.75) is 38.6 Å². The molecule has 1 rings (SSSR count). The van der Waals surface area contributed by atoms with E-state index in [0.717, 1.165) is 0 Å². The minimum Gasteiger partial charge on any atom is -0.491 e. The maximum absolute atomic E-state index is 11.5. The van der Waals surface area contributed by atoms with Crippen LogP contribution in [0.15, 0.2) is 24.3 Å². The number of rotatable bonds is 8. The van der Waals surface area contributed by atoms with Crippen molar-refractivity contribution in [3.05, 3.63) is 29.8 Å². The monoisotopic (exact) mass is 341 g/mol. The number of methoxy groups -OCH3 is 1. The van der Waals surface area contributed by atoms with Gasteiger partial charge in [-0.2, -0.15) is 0 Å². The number of aliphatic hydroxyl groups excluding tert-OH is 2. The van der Waals surface area contributed by atoms with Gasteiger partial charge in [0.2, 0.25) is 0 Å². The minimum atomic E-state index is -1.15. The van der Waals surface area contributed by atoms with Gasteiger partial charge in [0.1, 0.15) is 30.2 Å². The summed E-state index contributed by atoms with van der Waals surface area (Å²) in [5, 5.41) is 22.6. The van der Waals surface area contributed by atoms with E-state index in [1.807, 2.05) is 0 Å². The van der Waals surface area contributed by atoms with E-state index < -0.39 is 23.9 Å². The molecule has 1 aromatic carbocycles. The van der Waals surface area contributed by atoms with Gasteiger partial charge in [-0.25, -0.2) is 4.79 Å². The summed E-state index contributed by atoms with van der Waals surface area (Å²) in [5.41, 5.74) is -0.0978. The molecule has 2 unspecified atom stereocenters. The molecule has 0 saturated heterocycles. The first-order valence-electron chi connectivity index (χ1n) is 7.77. The minimum absolute atomic E-state index is 0.123. The molecular weight excluding hydrogens is 314 g/mol. The number of nitrogens with one attached hydrogen (secondary N) is 1. The molecule has 0 aliphatic heterocycles. The molecule has 0 spiro atoms. The van der Waals surface area contributed by atoms with Crippen LogP contribution in [0.2, 0.25) is 0 Å². The van der Waals surface area contributed by atoms with Gasteiger partial charge < -0.3 is 29.7 Å². The van der Waals surface area contributed by atoms with Gasteiger partial charge in [-0.05, 0) is 38.5 Å². The molecule has 0 aliphatic rings. The number of carbonyl (C=O) groups is 1. The molecule has 0 radical (unpaired) electrons. The first-order valence-corrected chi connectivity index (χ1v) is 7.77. The van der Waals surface area contributed by atoms with Crippen LogP contribution in [0.4, 0.5) is 4.79 Å². The van der Waals surface area contributed by atoms with Crippen LogP contribution in [-0.2, 0) is 9.47 Å². The van der Waals surface area contributed by atoms with Crippen LogP contribution in [0.25, 0.3) is 0 Å². The van der Waals surface area contributed by atoms with Crippen LogP contribution in [0.5, 0.6) is 5.75 Å². The number of carbonyl (C=O) groups excluding carboxylic acids is 1. The van der Waals surface area contributed by atoms with Crippen LogP contribution in [-0.4, -0.2) is 54.9 Å². The molecule has 7 nitrogen and oxygen atoms in total. The lowest BCUT2D eigenvalue weighted by molar-refractivity contribution is 0.0129. The summed E-state index contributed by atoms with van der Waals surface area (Å²) in [5.74, 6) is 0.643. The van der Waals surface area contributed by atoms with Crippen molar-refractivity contribution >= 4 is 6.09 Å². The SMILES string of the molecule is COCCOc1ccc(C(O)C(O)CNC(=O)OC(C)(C)C)cc1. The standard InChI is InChI=1S/C17H27NO6/c1-17(2,3)24-16(21)18-11-14(19)15(20)12-5-7-13(8-6-12)23-10-9-22-4/h5-8,14-15,19-20H,9-11H2,1-4H3,(H,18,21). The third-order valence-corrected chi connectivity index (χ3v) is 3.00. The van der Waals surface area contributed by atoms with E-state index in [4.69, 9.17) is 14.2 Å². The molecule has 0 heterocycles. The van der Waals surface area contributed by atoms with Crippen molar-refractivity contribution in [3.63, 3.8) is 0 Å².